The molecule has 2 aromatic rings. The van der Waals surface area contributed by atoms with Crippen LogP contribution in [0.2, 0.25) is 0 Å². The highest BCUT2D eigenvalue weighted by Gasteiger charge is 2.29. The van der Waals surface area contributed by atoms with E-state index in [-0.39, 0.29) is 36.3 Å². The maximum absolute atomic E-state index is 12.7. The number of benzene rings is 2. The van der Waals surface area contributed by atoms with Crippen molar-refractivity contribution in [1.29, 1.82) is 0 Å². The van der Waals surface area contributed by atoms with Crippen LogP contribution in [0.15, 0.2) is 53.4 Å². The van der Waals surface area contributed by atoms with Crippen molar-refractivity contribution in [2.75, 3.05) is 43.4 Å². The van der Waals surface area contributed by atoms with Crippen LogP contribution in [0.3, 0.4) is 0 Å². The monoisotopic (exact) mass is 416 g/mol. The summed E-state index contributed by atoms with van der Waals surface area (Å²) in [5.41, 5.74) is 1.98. The van der Waals surface area contributed by atoms with E-state index in [1.807, 2.05) is 32.2 Å². The minimum absolute atomic E-state index is 0.0512. The van der Waals surface area contributed by atoms with Crippen molar-refractivity contribution in [2.45, 2.75) is 11.8 Å². The quantitative estimate of drug-likeness (QED) is 0.744. The minimum atomic E-state index is -3.78. The molecule has 0 spiro atoms. The third kappa shape index (κ3) is 4.75. The Morgan fingerprint density at radius 2 is 1.93 bits per heavy atom. The zero-order valence-corrected chi connectivity index (χ0v) is 17.2. The number of sulfonamides is 1. The number of carbonyl (C=O) groups is 2. The first-order chi connectivity index (χ1) is 13.8. The number of carbonyl (C=O) groups excluding carboxylic acids is 2. The number of nitrogens with zero attached hydrogens (tertiary/aromatic N) is 2. The van der Waals surface area contributed by atoms with Crippen LogP contribution in [0.25, 0.3) is 0 Å². The maximum Gasteiger partial charge on any atom is 0.255 e. The van der Waals surface area contributed by atoms with Crippen molar-refractivity contribution in [3.8, 4) is 0 Å². The highest BCUT2D eigenvalue weighted by Crippen LogP contribution is 2.20. The second-order valence-corrected chi connectivity index (χ2v) is 8.67. The lowest BCUT2D eigenvalue weighted by Crippen LogP contribution is -2.49. The number of nitrogens with one attached hydrogen (secondary N) is 2. The summed E-state index contributed by atoms with van der Waals surface area (Å²) in [4.78, 5) is 26.1. The fraction of sp³-hybridized carbons (Fsp3) is 0.300. The highest BCUT2D eigenvalue weighted by atomic mass is 32.2. The topological polar surface area (TPSA) is 98.8 Å². The molecule has 0 aromatic heterocycles. The van der Waals surface area contributed by atoms with Gasteiger partial charge in [-0.05, 0) is 49.4 Å². The van der Waals surface area contributed by atoms with Gasteiger partial charge in [0, 0.05) is 43.6 Å². The van der Waals surface area contributed by atoms with Gasteiger partial charge in [0.25, 0.3) is 5.91 Å². The van der Waals surface area contributed by atoms with E-state index in [4.69, 9.17) is 0 Å². The third-order valence-electron chi connectivity index (χ3n) is 4.78. The number of piperazine rings is 1. The smallest absolute Gasteiger partial charge is 0.255 e. The van der Waals surface area contributed by atoms with Crippen LogP contribution in [0, 0.1) is 0 Å². The van der Waals surface area contributed by atoms with E-state index in [2.05, 4.69) is 15.5 Å². The van der Waals surface area contributed by atoms with Crippen molar-refractivity contribution in [2.24, 2.45) is 0 Å². The van der Waals surface area contributed by atoms with Gasteiger partial charge < -0.3 is 15.5 Å². The predicted molar refractivity (Wildman–Crippen MR) is 112 cm³/mol. The molecule has 0 saturated carbocycles. The summed E-state index contributed by atoms with van der Waals surface area (Å²) < 4.78 is 26.5. The Balaban J connectivity index is 1.73. The van der Waals surface area contributed by atoms with E-state index in [0.29, 0.717) is 11.3 Å². The minimum Gasteiger partial charge on any atom is -0.375 e. The summed E-state index contributed by atoms with van der Waals surface area (Å²) in [6, 6.07) is 13.2. The summed E-state index contributed by atoms with van der Waals surface area (Å²) in [7, 11) is -1.81. The van der Waals surface area contributed by atoms with E-state index in [1.165, 1.54) is 24.3 Å². The molecule has 9 heteroatoms. The first-order valence-electron chi connectivity index (χ1n) is 9.30. The third-order valence-corrected chi connectivity index (χ3v) is 6.64. The van der Waals surface area contributed by atoms with Gasteiger partial charge in [-0.15, -0.1) is 0 Å². The number of hydrogen-bond acceptors (Lipinski definition) is 5. The molecular weight excluding hydrogens is 392 g/mol. The Kier molecular flexibility index (Phi) is 6.19. The van der Waals surface area contributed by atoms with Gasteiger partial charge in [0.2, 0.25) is 15.9 Å². The maximum atomic E-state index is 12.7. The van der Waals surface area contributed by atoms with Crippen molar-refractivity contribution >= 4 is 33.2 Å². The van der Waals surface area contributed by atoms with Gasteiger partial charge in [0.1, 0.15) is 0 Å². The lowest BCUT2D eigenvalue weighted by molar-refractivity contribution is -0.122. The molecule has 0 atom stereocenters. The van der Waals surface area contributed by atoms with E-state index in [0.717, 1.165) is 16.5 Å². The van der Waals surface area contributed by atoms with Gasteiger partial charge in [-0.25, -0.2) is 8.42 Å². The molecule has 0 bridgehead atoms. The van der Waals surface area contributed by atoms with Crippen LogP contribution in [-0.4, -0.2) is 57.8 Å². The molecule has 1 aliphatic heterocycles. The van der Waals surface area contributed by atoms with Crippen LogP contribution < -0.4 is 15.5 Å². The number of amides is 2. The second-order valence-electron chi connectivity index (χ2n) is 6.73. The number of hydrogen-bond donors (Lipinski definition) is 2. The Morgan fingerprint density at radius 1 is 1.21 bits per heavy atom. The molecule has 154 valence electrons. The predicted octanol–water partition coefficient (Wildman–Crippen LogP) is 1.52. The van der Waals surface area contributed by atoms with Gasteiger partial charge >= 0.3 is 0 Å². The van der Waals surface area contributed by atoms with Crippen LogP contribution in [0.4, 0.5) is 11.4 Å². The van der Waals surface area contributed by atoms with Gasteiger partial charge in [-0.2, -0.15) is 4.31 Å². The number of rotatable bonds is 6. The SMILES string of the molecule is CCN(C)c1cccc(NC(=O)c2ccc(S(=O)(=O)N3CCNC(=O)C3)cc2)c1. The van der Waals surface area contributed by atoms with Crippen molar-refractivity contribution < 1.29 is 18.0 Å². The molecule has 1 saturated heterocycles. The van der Waals surface area contributed by atoms with Crippen LogP contribution in [0.1, 0.15) is 17.3 Å². The summed E-state index contributed by atoms with van der Waals surface area (Å²) in [5.74, 6) is -0.658. The largest absolute Gasteiger partial charge is 0.375 e. The number of anilines is 2. The Morgan fingerprint density at radius 3 is 2.59 bits per heavy atom. The summed E-state index contributed by atoms with van der Waals surface area (Å²) in [6.45, 7) is 3.18. The van der Waals surface area contributed by atoms with E-state index >= 15 is 0 Å². The van der Waals surface area contributed by atoms with Gasteiger partial charge in [-0.3, -0.25) is 9.59 Å². The van der Waals surface area contributed by atoms with Gasteiger partial charge in [0.15, 0.2) is 0 Å². The van der Waals surface area contributed by atoms with Crippen LogP contribution in [0.5, 0.6) is 0 Å². The molecule has 0 radical (unpaired) electrons. The Labute approximate surface area is 170 Å². The molecule has 2 amide bonds. The lowest BCUT2D eigenvalue weighted by atomic mass is 10.2. The molecule has 1 aliphatic rings. The van der Waals surface area contributed by atoms with E-state index in [1.54, 1.807) is 6.07 Å². The normalized spacial score (nSPS) is 14.9. The van der Waals surface area contributed by atoms with E-state index in [9.17, 15) is 18.0 Å². The summed E-state index contributed by atoms with van der Waals surface area (Å²) in [6.07, 6.45) is 0. The molecule has 1 fully saturated rings. The average molecular weight is 417 g/mol. The first-order valence-corrected chi connectivity index (χ1v) is 10.7. The zero-order valence-electron chi connectivity index (χ0n) is 16.4. The fourth-order valence-electron chi connectivity index (χ4n) is 2.95. The first kappa shape index (κ1) is 20.8. The molecule has 3 rings (SSSR count). The summed E-state index contributed by atoms with van der Waals surface area (Å²) >= 11 is 0. The average Bonchev–Trinajstić information content (AvgIpc) is 2.73. The van der Waals surface area contributed by atoms with Gasteiger partial charge in [0.05, 0.1) is 11.4 Å². The summed E-state index contributed by atoms with van der Waals surface area (Å²) in [5, 5.41) is 5.42. The highest BCUT2D eigenvalue weighted by molar-refractivity contribution is 7.89. The molecule has 2 aromatic carbocycles. The van der Waals surface area contributed by atoms with Crippen molar-refractivity contribution in [1.82, 2.24) is 9.62 Å². The Bertz CT molecular complexity index is 1010. The lowest BCUT2D eigenvalue weighted by Gasteiger charge is -2.25. The van der Waals surface area contributed by atoms with Gasteiger partial charge in [-0.1, -0.05) is 6.07 Å². The van der Waals surface area contributed by atoms with Crippen LogP contribution >= 0.6 is 0 Å². The molecule has 1 heterocycles. The standard InChI is InChI=1S/C20H24N4O4S/c1-3-23(2)17-6-4-5-16(13-17)22-20(26)15-7-9-18(10-8-15)29(27,28)24-12-11-21-19(25)14-24/h4-10,13H,3,11-12,14H2,1-2H3,(H,21,25)(H,22,26). The second kappa shape index (κ2) is 8.62. The molecule has 29 heavy (non-hydrogen) atoms. The molecule has 2 N–H and O–H groups in total. The van der Waals surface area contributed by atoms with Crippen molar-refractivity contribution in [3.63, 3.8) is 0 Å². The fourth-order valence-corrected chi connectivity index (χ4v) is 4.35. The van der Waals surface area contributed by atoms with Crippen molar-refractivity contribution in [3.05, 3.63) is 54.1 Å². The zero-order chi connectivity index (χ0) is 21.0. The molecular formula is C20H24N4O4S. The van der Waals surface area contributed by atoms with E-state index < -0.39 is 10.0 Å². The molecule has 8 nitrogen and oxygen atoms in total. The Hall–Kier alpha value is -2.91. The van der Waals surface area contributed by atoms with Crippen LogP contribution in [-0.2, 0) is 14.8 Å². The molecule has 0 unspecified atom stereocenters. The molecule has 0 aliphatic carbocycles.